The Morgan fingerprint density at radius 1 is 1.13 bits per heavy atom. The number of aromatic hydroxyl groups is 1. The van der Waals surface area contributed by atoms with Crippen molar-refractivity contribution in [2.24, 2.45) is 0 Å². The Morgan fingerprint density at radius 2 is 1.87 bits per heavy atom. The van der Waals surface area contributed by atoms with E-state index in [-0.39, 0.29) is 28.2 Å². The number of oxazole rings is 1. The lowest BCUT2D eigenvalue weighted by Crippen LogP contribution is -2.05. The molecule has 0 saturated heterocycles. The van der Waals surface area contributed by atoms with Gasteiger partial charge in [-0.3, -0.25) is 0 Å². The van der Waals surface area contributed by atoms with Crippen molar-refractivity contribution in [2.75, 3.05) is 0 Å². The molecule has 2 heterocycles. The summed E-state index contributed by atoms with van der Waals surface area (Å²) in [5.74, 6) is -2.27. The molecule has 2 N–H and O–H groups in total. The van der Waals surface area contributed by atoms with Gasteiger partial charge in [0.15, 0.2) is 5.58 Å². The summed E-state index contributed by atoms with van der Waals surface area (Å²) < 4.78 is 43.5. The summed E-state index contributed by atoms with van der Waals surface area (Å²) in [6.07, 6.45) is -4.67. The molecule has 0 atom stereocenters. The Morgan fingerprint density at radius 3 is 2.52 bits per heavy atom. The zero-order chi connectivity index (χ0) is 16.8. The van der Waals surface area contributed by atoms with Gasteiger partial charge in [0.05, 0.1) is 11.1 Å². The monoisotopic (exact) mass is 324 g/mol. The summed E-state index contributed by atoms with van der Waals surface area (Å²) in [6.45, 7) is 0. The SMILES string of the molecule is O=C(O)c1ccc2oc(-c3cc(C(F)(F)F)cc(O)n3)nc2c1. The van der Waals surface area contributed by atoms with Crippen LogP contribution in [-0.4, -0.2) is 26.2 Å². The highest BCUT2D eigenvalue weighted by molar-refractivity contribution is 5.92. The quantitative estimate of drug-likeness (QED) is 0.750. The molecule has 0 unspecified atom stereocenters. The predicted octanol–water partition coefficient (Wildman–Crippen LogP) is 3.31. The second kappa shape index (κ2) is 4.97. The average molecular weight is 324 g/mol. The van der Waals surface area contributed by atoms with E-state index in [2.05, 4.69) is 9.97 Å². The van der Waals surface area contributed by atoms with Gasteiger partial charge >= 0.3 is 12.1 Å². The van der Waals surface area contributed by atoms with Gasteiger partial charge in [-0.15, -0.1) is 0 Å². The summed E-state index contributed by atoms with van der Waals surface area (Å²) >= 11 is 0. The van der Waals surface area contributed by atoms with Gasteiger partial charge < -0.3 is 14.6 Å². The smallest absolute Gasteiger partial charge is 0.416 e. The average Bonchev–Trinajstić information content (AvgIpc) is 2.88. The van der Waals surface area contributed by atoms with E-state index in [1.165, 1.54) is 18.2 Å². The van der Waals surface area contributed by atoms with Crippen molar-refractivity contribution in [1.82, 2.24) is 9.97 Å². The van der Waals surface area contributed by atoms with E-state index in [0.29, 0.717) is 12.1 Å². The van der Waals surface area contributed by atoms with Crippen molar-refractivity contribution in [3.05, 3.63) is 41.5 Å². The summed E-state index contributed by atoms with van der Waals surface area (Å²) in [5.41, 5.74) is -1.13. The summed E-state index contributed by atoms with van der Waals surface area (Å²) in [6, 6.07) is 4.99. The molecule has 0 radical (unpaired) electrons. The second-order valence-electron chi connectivity index (χ2n) is 4.60. The second-order valence-corrected chi connectivity index (χ2v) is 4.60. The number of alkyl halides is 3. The highest BCUT2D eigenvalue weighted by Gasteiger charge is 2.32. The van der Waals surface area contributed by atoms with Crippen molar-refractivity contribution in [3.8, 4) is 17.5 Å². The number of carboxylic acids is 1. The van der Waals surface area contributed by atoms with E-state index in [0.717, 1.165) is 0 Å². The van der Waals surface area contributed by atoms with E-state index in [9.17, 15) is 23.1 Å². The van der Waals surface area contributed by atoms with E-state index in [1.54, 1.807) is 0 Å². The normalized spacial score (nSPS) is 11.8. The number of pyridine rings is 1. The van der Waals surface area contributed by atoms with Gasteiger partial charge in [-0.25, -0.2) is 14.8 Å². The summed E-state index contributed by atoms with van der Waals surface area (Å²) in [5, 5.41) is 18.3. The van der Waals surface area contributed by atoms with E-state index in [4.69, 9.17) is 9.52 Å². The third kappa shape index (κ3) is 2.80. The Labute approximate surface area is 125 Å². The van der Waals surface area contributed by atoms with Crippen molar-refractivity contribution in [3.63, 3.8) is 0 Å². The van der Waals surface area contributed by atoms with E-state index < -0.39 is 23.6 Å². The first-order valence-corrected chi connectivity index (χ1v) is 6.16. The van der Waals surface area contributed by atoms with Crippen molar-refractivity contribution in [1.29, 1.82) is 0 Å². The number of halogens is 3. The van der Waals surface area contributed by atoms with Gasteiger partial charge in [0.2, 0.25) is 11.8 Å². The Balaban J connectivity index is 2.13. The van der Waals surface area contributed by atoms with Crippen LogP contribution in [0.4, 0.5) is 13.2 Å². The Hall–Kier alpha value is -3.10. The first-order valence-electron chi connectivity index (χ1n) is 6.16. The van der Waals surface area contributed by atoms with Gasteiger partial charge in [0, 0.05) is 6.07 Å². The highest BCUT2D eigenvalue weighted by Crippen LogP contribution is 2.34. The molecule has 23 heavy (non-hydrogen) atoms. The topological polar surface area (TPSA) is 96.5 Å². The maximum absolute atomic E-state index is 12.8. The molecule has 3 rings (SSSR count). The van der Waals surface area contributed by atoms with Crippen LogP contribution in [0, 0.1) is 0 Å². The fourth-order valence-electron chi connectivity index (χ4n) is 1.96. The minimum Gasteiger partial charge on any atom is -0.493 e. The van der Waals surface area contributed by atoms with Crippen LogP contribution in [0.25, 0.3) is 22.7 Å². The number of rotatable bonds is 2. The summed E-state index contributed by atoms with van der Waals surface area (Å²) in [4.78, 5) is 18.4. The number of nitrogens with zero attached hydrogens (tertiary/aromatic N) is 2. The van der Waals surface area contributed by atoms with Gasteiger partial charge in [0.25, 0.3) is 0 Å². The lowest BCUT2D eigenvalue weighted by molar-refractivity contribution is -0.137. The molecule has 1 aromatic carbocycles. The zero-order valence-corrected chi connectivity index (χ0v) is 11.1. The van der Waals surface area contributed by atoms with Crippen LogP contribution in [0.3, 0.4) is 0 Å². The molecule has 0 spiro atoms. The standard InChI is InChI=1S/C14H7F3N2O4/c15-14(16,17)7-4-9(18-11(20)5-7)12-19-8-3-6(13(21)22)1-2-10(8)23-12/h1-5H,(H,18,20)(H,21,22). The molecule has 0 aliphatic carbocycles. The number of carbonyl (C=O) groups is 1. The maximum Gasteiger partial charge on any atom is 0.416 e. The number of hydrogen-bond acceptors (Lipinski definition) is 5. The van der Waals surface area contributed by atoms with Crippen LogP contribution in [-0.2, 0) is 6.18 Å². The fraction of sp³-hybridized carbons (Fsp3) is 0.0714. The van der Waals surface area contributed by atoms with Crippen LogP contribution in [0.15, 0.2) is 34.7 Å². The third-order valence-electron chi connectivity index (χ3n) is 2.99. The molecule has 0 aliphatic heterocycles. The molecule has 118 valence electrons. The Bertz CT molecular complexity index is 918. The molecule has 6 nitrogen and oxygen atoms in total. The molecule has 2 aromatic heterocycles. The number of hydrogen-bond donors (Lipinski definition) is 2. The molecule has 9 heteroatoms. The van der Waals surface area contributed by atoms with Gasteiger partial charge in [-0.1, -0.05) is 0 Å². The maximum atomic E-state index is 12.8. The first kappa shape index (κ1) is 14.8. The van der Waals surface area contributed by atoms with Gasteiger partial charge in [0.1, 0.15) is 11.2 Å². The van der Waals surface area contributed by atoms with Crippen LogP contribution in [0.5, 0.6) is 5.88 Å². The van der Waals surface area contributed by atoms with Crippen molar-refractivity contribution >= 4 is 17.1 Å². The number of aromatic nitrogens is 2. The molecule has 0 bridgehead atoms. The van der Waals surface area contributed by atoms with Gasteiger partial charge in [-0.05, 0) is 24.3 Å². The van der Waals surface area contributed by atoms with Crippen molar-refractivity contribution < 1.29 is 32.6 Å². The number of aromatic carboxylic acids is 1. The van der Waals surface area contributed by atoms with Crippen LogP contribution >= 0.6 is 0 Å². The lowest BCUT2D eigenvalue weighted by Gasteiger charge is -2.07. The minimum absolute atomic E-state index is 0.0443. The molecule has 0 amide bonds. The minimum atomic E-state index is -4.67. The third-order valence-corrected chi connectivity index (χ3v) is 2.99. The predicted molar refractivity (Wildman–Crippen MR) is 70.9 cm³/mol. The number of carboxylic acid groups (broad SMARTS) is 1. The fourth-order valence-corrected chi connectivity index (χ4v) is 1.96. The van der Waals surface area contributed by atoms with Gasteiger partial charge in [-0.2, -0.15) is 13.2 Å². The molecule has 0 fully saturated rings. The molecular weight excluding hydrogens is 317 g/mol. The lowest BCUT2D eigenvalue weighted by atomic mass is 10.2. The van der Waals surface area contributed by atoms with Crippen LogP contribution < -0.4 is 0 Å². The summed E-state index contributed by atoms with van der Waals surface area (Å²) in [7, 11) is 0. The highest BCUT2D eigenvalue weighted by atomic mass is 19.4. The zero-order valence-electron chi connectivity index (χ0n) is 11.1. The van der Waals surface area contributed by atoms with E-state index >= 15 is 0 Å². The molecule has 0 saturated carbocycles. The Kier molecular flexibility index (Phi) is 3.20. The number of fused-ring (bicyclic) bond motifs is 1. The van der Waals surface area contributed by atoms with Crippen molar-refractivity contribution in [2.45, 2.75) is 6.18 Å². The largest absolute Gasteiger partial charge is 0.493 e. The first-order chi connectivity index (χ1) is 10.7. The molecule has 0 aliphatic rings. The van der Waals surface area contributed by atoms with Crippen LogP contribution in [0.1, 0.15) is 15.9 Å². The molecular formula is C14H7F3N2O4. The number of benzene rings is 1. The molecule has 3 aromatic rings. The van der Waals surface area contributed by atoms with Crippen LogP contribution in [0.2, 0.25) is 0 Å². The van der Waals surface area contributed by atoms with E-state index in [1.807, 2.05) is 0 Å².